The summed E-state index contributed by atoms with van der Waals surface area (Å²) < 4.78 is 4.95. The lowest BCUT2D eigenvalue weighted by Crippen LogP contribution is -2.27. The number of hydrogen-bond donors (Lipinski definition) is 2. The predicted octanol–water partition coefficient (Wildman–Crippen LogP) is 1.58. The van der Waals surface area contributed by atoms with E-state index in [1.54, 1.807) is 12.5 Å². The summed E-state index contributed by atoms with van der Waals surface area (Å²) in [7, 11) is 0. The molecule has 3 heteroatoms. The van der Waals surface area contributed by atoms with Gasteiger partial charge in [-0.25, -0.2) is 0 Å². The maximum absolute atomic E-state index is 5.36. The third-order valence-corrected chi connectivity index (χ3v) is 1.72. The number of rotatable bonds is 4. The summed E-state index contributed by atoms with van der Waals surface area (Å²) >= 11 is 0. The van der Waals surface area contributed by atoms with Gasteiger partial charge in [0.1, 0.15) is 0 Å². The Morgan fingerprint density at radius 3 is 3.00 bits per heavy atom. The molecule has 0 saturated carbocycles. The first-order chi connectivity index (χ1) is 5.38. The molecule has 3 nitrogen and oxygen atoms in total. The molecule has 0 amide bonds. The van der Waals surface area contributed by atoms with Crippen LogP contribution in [0.4, 0.5) is 0 Å². The maximum atomic E-state index is 5.36. The number of nitrogens with two attached hydrogens (primary N) is 1. The van der Waals surface area contributed by atoms with Crippen molar-refractivity contribution in [2.45, 2.75) is 25.8 Å². The molecule has 11 heavy (non-hydrogen) atoms. The molecule has 1 heterocycles. The van der Waals surface area contributed by atoms with E-state index in [1.807, 2.05) is 6.07 Å². The lowest BCUT2D eigenvalue weighted by Gasteiger charge is -2.11. The molecule has 1 atom stereocenters. The number of hydrogen-bond acceptors (Lipinski definition) is 3. The molecule has 1 unspecified atom stereocenters. The van der Waals surface area contributed by atoms with E-state index in [0.29, 0.717) is 0 Å². The number of nitrogens with one attached hydrogen (secondary N) is 1. The van der Waals surface area contributed by atoms with Crippen LogP contribution in [-0.4, -0.2) is 0 Å². The zero-order valence-electron chi connectivity index (χ0n) is 6.71. The first-order valence-corrected chi connectivity index (χ1v) is 3.86. The molecule has 0 saturated heterocycles. The van der Waals surface area contributed by atoms with Gasteiger partial charge in [-0.05, 0) is 12.5 Å². The molecular formula is C8H14N2O. The highest BCUT2D eigenvalue weighted by atomic mass is 16.3. The molecular weight excluding hydrogens is 140 g/mol. The van der Waals surface area contributed by atoms with Crippen LogP contribution < -0.4 is 11.3 Å². The zero-order chi connectivity index (χ0) is 8.10. The van der Waals surface area contributed by atoms with Crippen LogP contribution in [0.3, 0.4) is 0 Å². The van der Waals surface area contributed by atoms with Gasteiger partial charge in [-0.2, -0.15) is 0 Å². The van der Waals surface area contributed by atoms with Crippen molar-refractivity contribution in [2.24, 2.45) is 5.84 Å². The molecule has 3 N–H and O–H groups in total. The summed E-state index contributed by atoms with van der Waals surface area (Å²) in [5, 5.41) is 0. The lowest BCUT2D eigenvalue weighted by molar-refractivity contribution is 0.497. The zero-order valence-corrected chi connectivity index (χ0v) is 6.71. The van der Waals surface area contributed by atoms with Gasteiger partial charge in [0.2, 0.25) is 0 Å². The van der Waals surface area contributed by atoms with Gasteiger partial charge in [0.15, 0.2) is 0 Å². The van der Waals surface area contributed by atoms with Crippen molar-refractivity contribution in [3.05, 3.63) is 24.2 Å². The Hall–Kier alpha value is -0.800. The second-order valence-corrected chi connectivity index (χ2v) is 2.56. The third kappa shape index (κ3) is 2.06. The van der Waals surface area contributed by atoms with Crippen LogP contribution in [0.1, 0.15) is 31.4 Å². The quantitative estimate of drug-likeness (QED) is 0.511. The van der Waals surface area contributed by atoms with Crippen molar-refractivity contribution in [1.29, 1.82) is 0 Å². The van der Waals surface area contributed by atoms with Crippen molar-refractivity contribution < 1.29 is 4.42 Å². The molecule has 1 aromatic rings. The molecule has 0 spiro atoms. The van der Waals surface area contributed by atoms with E-state index in [-0.39, 0.29) is 6.04 Å². The SMILES string of the molecule is CCCC(NN)c1ccoc1. The van der Waals surface area contributed by atoms with E-state index in [1.165, 1.54) is 0 Å². The Balaban J connectivity index is 2.56. The minimum atomic E-state index is 0.235. The summed E-state index contributed by atoms with van der Waals surface area (Å²) in [5.74, 6) is 5.36. The van der Waals surface area contributed by atoms with Gasteiger partial charge in [0, 0.05) is 11.6 Å². The summed E-state index contributed by atoms with van der Waals surface area (Å²) in [6, 6.07) is 2.17. The first kappa shape index (κ1) is 8.30. The second kappa shape index (κ2) is 4.16. The second-order valence-electron chi connectivity index (χ2n) is 2.56. The van der Waals surface area contributed by atoms with Crippen molar-refractivity contribution in [3.63, 3.8) is 0 Å². The van der Waals surface area contributed by atoms with Crippen LogP contribution in [0.2, 0.25) is 0 Å². The minimum Gasteiger partial charge on any atom is -0.472 e. The lowest BCUT2D eigenvalue weighted by atomic mass is 10.1. The van der Waals surface area contributed by atoms with Crippen LogP contribution in [0.25, 0.3) is 0 Å². The van der Waals surface area contributed by atoms with Gasteiger partial charge in [-0.3, -0.25) is 11.3 Å². The van der Waals surface area contributed by atoms with Crippen molar-refractivity contribution in [3.8, 4) is 0 Å². The molecule has 0 aliphatic rings. The number of hydrazine groups is 1. The fraction of sp³-hybridized carbons (Fsp3) is 0.500. The first-order valence-electron chi connectivity index (χ1n) is 3.86. The standard InChI is InChI=1S/C8H14N2O/c1-2-3-8(10-9)7-4-5-11-6-7/h4-6,8,10H,2-3,9H2,1H3. The van der Waals surface area contributed by atoms with Crippen LogP contribution in [0, 0.1) is 0 Å². The van der Waals surface area contributed by atoms with Gasteiger partial charge >= 0.3 is 0 Å². The average molecular weight is 154 g/mol. The predicted molar refractivity (Wildman–Crippen MR) is 43.7 cm³/mol. The van der Waals surface area contributed by atoms with Crippen molar-refractivity contribution in [2.75, 3.05) is 0 Å². The van der Waals surface area contributed by atoms with Crippen molar-refractivity contribution in [1.82, 2.24) is 5.43 Å². The fourth-order valence-corrected chi connectivity index (χ4v) is 1.11. The normalized spacial score (nSPS) is 13.3. The molecule has 0 aliphatic heterocycles. The summed E-state index contributed by atoms with van der Waals surface area (Å²) in [6.45, 7) is 2.13. The van der Waals surface area contributed by atoms with E-state index in [0.717, 1.165) is 18.4 Å². The van der Waals surface area contributed by atoms with E-state index < -0.39 is 0 Å². The Morgan fingerprint density at radius 2 is 2.55 bits per heavy atom. The van der Waals surface area contributed by atoms with Crippen molar-refractivity contribution >= 4 is 0 Å². The van der Waals surface area contributed by atoms with E-state index in [9.17, 15) is 0 Å². The van der Waals surface area contributed by atoms with E-state index in [2.05, 4.69) is 12.3 Å². The summed E-state index contributed by atoms with van der Waals surface area (Å²) in [4.78, 5) is 0. The van der Waals surface area contributed by atoms with Crippen LogP contribution in [0.5, 0.6) is 0 Å². The van der Waals surface area contributed by atoms with Gasteiger partial charge in [0.25, 0.3) is 0 Å². The molecule has 1 rings (SSSR count). The fourth-order valence-electron chi connectivity index (χ4n) is 1.11. The van der Waals surface area contributed by atoms with Gasteiger partial charge in [-0.1, -0.05) is 13.3 Å². The van der Waals surface area contributed by atoms with E-state index in [4.69, 9.17) is 10.3 Å². The Labute approximate surface area is 66.5 Å². The topological polar surface area (TPSA) is 51.2 Å². The molecule has 0 fully saturated rings. The van der Waals surface area contributed by atoms with Gasteiger partial charge in [-0.15, -0.1) is 0 Å². The minimum absolute atomic E-state index is 0.235. The van der Waals surface area contributed by atoms with Crippen LogP contribution >= 0.6 is 0 Å². The van der Waals surface area contributed by atoms with Crippen LogP contribution in [-0.2, 0) is 0 Å². The smallest absolute Gasteiger partial charge is 0.0950 e. The Bertz CT molecular complexity index is 184. The van der Waals surface area contributed by atoms with Gasteiger partial charge < -0.3 is 4.42 Å². The monoisotopic (exact) mass is 154 g/mol. The Kier molecular flexibility index (Phi) is 3.14. The summed E-state index contributed by atoms with van der Waals surface area (Å²) in [5.41, 5.74) is 3.87. The summed E-state index contributed by atoms with van der Waals surface area (Å²) in [6.07, 6.45) is 5.53. The van der Waals surface area contributed by atoms with E-state index >= 15 is 0 Å². The molecule has 0 aromatic carbocycles. The molecule has 1 aromatic heterocycles. The number of furan rings is 1. The average Bonchev–Trinajstić information content (AvgIpc) is 2.52. The molecule has 0 bridgehead atoms. The molecule has 62 valence electrons. The highest BCUT2D eigenvalue weighted by Gasteiger charge is 2.08. The maximum Gasteiger partial charge on any atom is 0.0950 e. The highest BCUT2D eigenvalue weighted by Crippen LogP contribution is 2.16. The highest BCUT2D eigenvalue weighted by molar-refractivity contribution is 5.10. The van der Waals surface area contributed by atoms with Crippen LogP contribution in [0.15, 0.2) is 23.0 Å². The Morgan fingerprint density at radius 1 is 1.73 bits per heavy atom. The van der Waals surface area contributed by atoms with Gasteiger partial charge in [0.05, 0.1) is 12.5 Å². The third-order valence-electron chi connectivity index (χ3n) is 1.72. The largest absolute Gasteiger partial charge is 0.472 e. The molecule has 0 aliphatic carbocycles. The molecule has 0 radical (unpaired) electrons.